The number of aryl methyl sites for hydroxylation is 1. The van der Waals surface area contributed by atoms with Crippen molar-refractivity contribution in [3.63, 3.8) is 0 Å². The number of rotatable bonds is 2. The smallest absolute Gasteiger partial charge is 0.186 e. The van der Waals surface area contributed by atoms with Crippen molar-refractivity contribution < 1.29 is 4.39 Å². The highest BCUT2D eigenvalue weighted by molar-refractivity contribution is 5.37. The van der Waals surface area contributed by atoms with E-state index in [4.69, 9.17) is 5.73 Å². The molecule has 1 aromatic heterocycles. The van der Waals surface area contributed by atoms with E-state index in [1.165, 1.54) is 12.1 Å². The first-order valence-electron chi connectivity index (χ1n) is 6.08. The van der Waals surface area contributed by atoms with Crippen molar-refractivity contribution in [1.82, 2.24) is 4.57 Å². The van der Waals surface area contributed by atoms with E-state index < -0.39 is 5.54 Å². The van der Waals surface area contributed by atoms with Gasteiger partial charge in [0.25, 0.3) is 0 Å². The largest absolute Gasteiger partial charge is 0.322 e. The minimum atomic E-state index is -0.766. The molecule has 2 aromatic rings. The molecule has 100 valence electrons. The van der Waals surface area contributed by atoms with Gasteiger partial charge >= 0.3 is 0 Å². The molecule has 19 heavy (non-hydrogen) atoms. The number of pyridine rings is 1. The molecular weight excluding hydrogens is 243 g/mol. The third-order valence-corrected chi connectivity index (χ3v) is 3.05. The van der Waals surface area contributed by atoms with Gasteiger partial charge in [0.05, 0.1) is 5.69 Å². The topological polar surface area (TPSA) is 48.0 Å². The zero-order valence-electron chi connectivity index (χ0n) is 11.3. The molecule has 0 radical (unpaired) electrons. The maximum atomic E-state index is 13.9. The number of hydrogen-bond acceptors (Lipinski definition) is 2. The fraction of sp³-hybridized carbons (Fsp3) is 0.267. The van der Waals surface area contributed by atoms with Crippen LogP contribution in [0.4, 0.5) is 4.39 Å². The molecule has 0 fully saturated rings. The van der Waals surface area contributed by atoms with Crippen molar-refractivity contribution in [3.05, 3.63) is 63.8 Å². The van der Waals surface area contributed by atoms with Crippen LogP contribution in [0.1, 0.15) is 25.1 Å². The van der Waals surface area contributed by atoms with Gasteiger partial charge in [-0.25, -0.2) is 4.39 Å². The highest BCUT2D eigenvalue weighted by atomic mass is 19.1. The van der Waals surface area contributed by atoms with Crippen LogP contribution in [0.2, 0.25) is 0 Å². The van der Waals surface area contributed by atoms with Gasteiger partial charge in [0, 0.05) is 29.1 Å². The molecule has 0 aliphatic heterocycles. The predicted molar refractivity (Wildman–Crippen MR) is 73.9 cm³/mol. The first-order valence-corrected chi connectivity index (χ1v) is 6.08. The standard InChI is InChI=1S/C15H17FN2O/c1-10-8-14(19)11(15(2,3)17)9-18(10)13-7-5-4-6-12(13)16/h4-9H,17H2,1-3H3. The lowest BCUT2D eigenvalue weighted by molar-refractivity contribution is 0.543. The highest BCUT2D eigenvalue weighted by Crippen LogP contribution is 2.18. The van der Waals surface area contributed by atoms with Crippen LogP contribution in [0.25, 0.3) is 5.69 Å². The lowest BCUT2D eigenvalue weighted by Crippen LogP contribution is -2.35. The van der Waals surface area contributed by atoms with Crippen molar-refractivity contribution in [2.24, 2.45) is 5.73 Å². The van der Waals surface area contributed by atoms with Gasteiger partial charge in [-0.3, -0.25) is 4.79 Å². The average Bonchev–Trinajstić information content (AvgIpc) is 2.29. The van der Waals surface area contributed by atoms with Crippen molar-refractivity contribution in [1.29, 1.82) is 0 Å². The summed E-state index contributed by atoms with van der Waals surface area (Å²) in [5.74, 6) is -0.338. The van der Waals surface area contributed by atoms with Gasteiger partial charge in [-0.1, -0.05) is 12.1 Å². The normalized spacial score (nSPS) is 11.6. The van der Waals surface area contributed by atoms with Crippen LogP contribution in [0, 0.1) is 12.7 Å². The summed E-state index contributed by atoms with van der Waals surface area (Å²) >= 11 is 0. The van der Waals surface area contributed by atoms with Gasteiger partial charge in [-0.05, 0) is 32.9 Å². The van der Waals surface area contributed by atoms with E-state index >= 15 is 0 Å². The number of benzene rings is 1. The molecule has 2 N–H and O–H groups in total. The second kappa shape index (κ2) is 4.63. The van der Waals surface area contributed by atoms with E-state index in [0.717, 1.165) is 0 Å². The molecule has 0 aliphatic carbocycles. The van der Waals surface area contributed by atoms with Gasteiger partial charge in [0.1, 0.15) is 5.82 Å². The minimum absolute atomic E-state index is 0.127. The number of halogens is 1. The van der Waals surface area contributed by atoms with Gasteiger partial charge in [0.2, 0.25) is 0 Å². The second-order valence-corrected chi connectivity index (χ2v) is 5.24. The summed E-state index contributed by atoms with van der Waals surface area (Å²) in [7, 11) is 0. The Hall–Kier alpha value is -1.94. The fourth-order valence-corrected chi connectivity index (χ4v) is 2.02. The summed E-state index contributed by atoms with van der Waals surface area (Å²) in [6.07, 6.45) is 1.62. The summed E-state index contributed by atoms with van der Waals surface area (Å²) in [5, 5.41) is 0. The van der Waals surface area contributed by atoms with Gasteiger partial charge in [-0.15, -0.1) is 0 Å². The van der Waals surface area contributed by atoms with Crippen LogP contribution >= 0.6 is 0 Å². The molecular formula is C15H17FN2O. The highest BCUT2D eigenvalue weighted by Gasteiger charge is 2.19. The van der Waals surface area contributed by atoms with Crippen LogP contribution in [0.5, 0.6) is 0 Å². The molecule has 2 rings (SSSR count). The Labute approximate surface area is 111 Å². The summed E-state index contributed by atoms with van der Waals surface area (Å²) < 4.78 is 15.5. The Morgan fingerprint density at radius 2 is 1.89 bits per heavy atom. The van der Waals surface area contributed by atoms with E-state index in [1.807, 2.05) is 0 Å². The Bertz CT molecular complexity index is 669. The summed E-state index contributed by atoms with van der Waals surface area (Å²) in [6, 6.07) is 7.92. The Balaban J connectivity index is 2.72. The first-order chi connectivity index (χ1) is 8.80. The number of hydrogen-bond donors (Lipinski definition) is 1. The van der Waals surface area contributed by atoms with Crippen molar-refractivity contribution in [2.45, 2.75) is 26.3 Å². The SMILES string of the molecule is Cc1cc(=O)c(C(C)(C)N)cn1-c1ccccc1F. The molecule has 1 aromatic carbocycles. The molecule has 3 nitrogen and oxygen atoms in total. The molecule has 4 heteroatoms. The summed E-state index contributed by atoms with van der Waals surface area (Å²) in [6.45, 7) is 5.27. The fourth-order valence-electron chi connectivity index (χ4n) is 2.02. The van der Waals surface area contributed by atoms with E-state index in [1.54, 1.807) is 49.7 Å². The monoisotopic (exact) mass is 260 g/mol. The quantitative estimate of drug-likeness (QED) is 0.901. The predicted octanol–water partition coefficient (Wildman–Crippen LogP) is 2.48. The van der Waals surface area contributed by atoms with Gasteiger partial charge in [-0.2, -0.15) is 0 Å². The number of nitrogens with zero attached hydrogens (tertiary/aromatic N) is 1. The first kappa shape index (κ1) is 13.5. The summed E-state index contributed by atoms with van der Waals surface area (Å²) in [5.41, 5.74) is 6.63. The lowest BCUT2D eigenvalue weighted by atomic mass is 9.96. The van der Waals surface area contributed by atoms with Gasteiger partial charge in [0.15, 0.2) is 5.43 Å². The van der Waals surface area contributed by atoms with E-state index in [2.05, 4.69) is 0 Å². The van der Waals surface area contributed by atoms with E-state index in [0.29, 0.717) is 16.9 Å². The van der Waals surface area contributed by atoms with E-state index in [9.17, 15) is 9.18 Å². The van der Waals surface area contributed by atoms with Crippen LogP contribution < -0.4 is 11.2 Å². The molecule has 1 heterocycles. The maximum Gasteiger partial charge on any atom is 0.186 e. The average molecular weight is 260 g/mol. The molecule has 0 saturated heterocycles. The zero-order valence-corrected chi connectivity index (χ0v) is 11.3. The Kier molecular flexibility index (Phi) is 3.28. The molecule has 0 amide bonds. The third kappa shape index (κ3) is 2.58. The van der Waals surface area contributed by atoms with Crippen LogP contribution in [-0.4, -0.2) is 4.57 Å². The van der Waals surface area contributed by atoms with Crippen LogP contribution in [0.3, 0.4) is 0 Å². The molecule has 0 aliphatic rings. The zero-order chi connectivity index (χ0) is 14.2. The van der Waals surface area contributed by atoms with Gasteiger partial charge < -0.3 is 10.3 Å². The number of para-hydroxylation sites is 1. The van der Waals surface area contributed by atoms with E-state index in [-0.39, 0.29) is 11.2 Å². The molecule has 0 spiro atoms. The molecule has 0 saturated carbocycles. The maximum absolute atomic E-state index is 13.9. The third-order valence-electron chi connectivity index (χ3n) is 3.05. The number of nitrogens with two attached hydrogens (primary N) is 1. The molecule has 0 unspecified atom stereocenters. The minimum Gasteiger partial charge on any atom is -0.322 e. The molecule has 0 bridgehead atoms. The van der Waals surface area contributed by atoms with Crippen LogP contribution in [-0.2, 0) is 5.54 Å². The molecule has 0 atom stereocenters. The van der Waals surface area contributed by atoms with Crippen molar-refractivity contribution >= 4 is 0 Å². The Morgan fingerprint density at radius 1 is 1.26 bits per heavy atom. The second-order valence-electron chi connectivity index (χ2n) is 5.24. The van der Waals surface area contributed by atoms with Crippen molar-refractivity contribution in [3.8, 4) is 5.69 Å². The number of aromatic nitrogens is 1. The lowest BCUT2D eigenvalue weighted by Gasteiger charge is -2.21. The Morgan fingerprint density at radius 3 is 2.47 bits per heavy atom. The van der Waals surface area contributed by atoms with Crippen molar-refractivity contribution in [2.75, 3.05) is 0 Å². The summed E-state index contributed by atoms with van der Waals surface area (Å²) in [4.78, 5) is 12.0. The van der Waals surface area contributed by atoms with Crippen LogP contribution in [0.15, 0.2) is 41.3 Å².